The lowest BCUT2D eigenvalue weighted by Gasteiger charge is -2.18. The molecule has 0 spiro atoms. The van der Waals surface area contributed by atoms with Crippen LogP contribution in [0.3, 0.4) is 0 Å². The first-order chi connectivity index (χ1) is 8.24. The Morgan fingerprint density at radius 1 is 1.29 bits per heavy atom. The topological polar surface area (TPSA) is 70.5 Å². The van der Waals surface area contributed by atoms with Gasteiger partial charge in [-0.15, -0.1) is 0 Å². The van der Waals surface area contributed by atoms with E-state index in [4.69, 9.17) is 31.3 Å². The van der Waals surface area contributed by atoms with E-state index in [0.717, 1.165) is 11.3 Å². The minimum Gasteiger partial charge on any atom is -0.467 e. The van der Waals surface area contributed by atoms with Gasteiger partial charge in [0.15, 0.2) is 18.4 Å². The molecule has 0 aliphatic carbocycles. The summed E-state index contributed by atoms with van der Waals surface area (Å²) in [6.07, 6.45) is 0. The number of rotatable bonds is 1. The van der Waals surface area contributed by atoms with E-state index >= 15 is 0 Å². The Labute approximate surface area is 102 Å². The number of halogens is 1. The highest BCUT2D eigenvalue weighted by molar-refractivity contribution is 6.33. The largest absolute Gasteiger partial charge is 0.467 e. The van der Waals surface area contributed by atoms with E-state index < -0.39 is 0 Å². The van der Waals surface area contributed by atoms with Crippen molar-refractivity contribution in [2.24, 2.45) is 0 Å². The summed E-state index contributed by atoms with van der Waals surface area (Å²) >= 11 is 6.17. The molecule has 1 aromatic carbocycles. The minimum absolute atomic E-state index is 0.243. The first kappa shape index (κ1) is 10.4. The van der Waals surface area contributed by atoms with Crippen LogP contribution in [-0.2, 0) is 11.3 Å². The molecule has 0 radical (unpaired) electrons. The normalized spacial score (nSPS) is 14.2. The zero-order valence-corrected chi connectivity index (χ0v) is 9.53. The number of hydrogen-bond donors (Lipinski definition) is 1. The van der Waals surface area contributed by atoms with Crippen LogP contribution >= 0.6 is 11.6 Å². The van der Waals surface area contributed by atoms with Crippen molar-refractivity contribution in [3.05, 3.63) is 28.8 Å². The van der Waals surface area contributed by atoms with Crippen LogP contribution in [0, 0.1) is 0 Å². The molecule has 5 nitrogen and oxygen atoms in total. The van der Waals surface area contributed by atoms with Gasteiger partial charge in [-0.2, -0.15) is 0 Å². The highest BCUT2D eigenvalue weighted by Crippen LogP contribution is 2.36. The van der Waals surface area contributed by atoms with E-state index in [1.807, 2.05) is 0 Å². The van der Waals surface area contributed by atoms with Crippen molar-refractivity contribution in [2.75, 3.05) is 12.5 Å². The molecule has 2 N–H and O–H groups in total. The molecule has 0 bridgehead atoms. The van der Waals surface area contributed by atoms with E-state index in [9.17, 15) is 0 Å². The van der Waals surface area contributed by atoms with Gasteiger partial charge in [0.2, 0.25) is 0 Å². The van der Waals surface area contributed by atoms with Gasteiger partial charge in [-0.05, 0) is 12.1 Å². The van der Waals surface area contributed by atoms with Crippen LogP contribution in [0.5, 0.6) is 5.75 Å². The summed E-state index contributed by atoms with van der Waals surface area (Å²) in [6.45, 7) is 0.737. The van der Waals surface area contributed by atoms with Crippen LogP contribution in [0.1, 0.15) is 5.56 Å². The van der Waals surface area contributed by atoms with Gasteiger partial charge in [-0.1, -0.05) is 16.8 Å². The van der Waals surface area contributed by atoms with E-state index in [2.05, 4.69) is 5.16 Å². The lowest BCUT2D eigenvalue weighted by molar-refractivity contribution is -0.0163. The molecule has 0 saturated carbocycles. The average molecular weight is 253 g/mol. The quantitative estimate of drug-likeness (QED) is 0.844. The Morgan fingerprint density at radius 3 is 2.94 bits per heavy atom. The standard InChI is InChI=1S/C11H9ClN2O3/c12-8-1-6-4-15-5-16-9(6)2-7(8)10-3-11(13)14-17-10/h1-3H,4-5H2,(H2,13,14). The van der Waals surface area contributed by atoms with Crippen molar-refractivity contribution >= 4 is 17.4 Å². The van der Waals surface area contributed by atoms with Crippen molar-refractivity contribution in [3.63, 3.8) is 0 Å². The third-order valence-corrected chi connectivity index (χ3v) is 2.81. The molecule has 1 aromatic heterocycles. The third kappa shape index (κ3) is 1.83. The zero-order chi connectivity index (χ0) is 11.8. The van der Waals surface area contributed by atoms with E-state index in [0.29, 0.717) is 28.8 Å². The highest BCUT2D eigenvalue weighted by atomic mass is 35.5. The highest BCUT2D eigenvalue weighted by Gasteiger charge is 2.17. The van der Waals surface area contributed by atoms with Crippen molar-refractivity contribution in [1.82, 2.24) is 5.16 Å². The maximum Gasteiger partial charge on any atom is 0.189 e. The Bertz CT molecular complexity index is 568. The smallest absolute Gasteiger partial charge is 0.189 e. The molecular weight excluding hydrogens is 244 g/mol. The number of fused-ring (bicyclic) bond motifs is 1. The average Bonchev–Trinajstić information content (AvgIpc) is 2.75. The fourth-order valence-corrected chi connectivity index (χ4v) is 1.98. The molecule has 3 rings (SSSR count). The molecule has 0 unspecified atom stereocenters. The number of nitrogens with zero attached hydrogens (tertiary/aromatic N) is 1. The monoisotopic (exact) mass is 252 g/mol. The molecule has 1 aliphatic rings. The van der Waals surface area contributed by atoms with Crippen LogP contribution in [0.15, 0.2) is 22.7 Å². The van der Waals surface area contributed by atoms with Crippen LogP contribution in [0.2, 0.25) is 5.02 Å². The van der Waals surface area contributed by atoms with Crippen LogP contribution in [-0.4, -0.2) is 11.9 Å². The predicted molar refractivity (Wildman–Crippen MR) is 61.6 cm³/mol. The summed E-state index contributed by atoms with van der Waals surface area (Å²) in [5.41, 5.74) is 7.12. The molecule has 0 amide bonds. The third-order valence-electron chi connectivity index (χ3n) is 2.50. The van der Waals surface area contributed by atoms with Gasteiger partial charge in [-0.3, -0.25) is 0 Å². The SMILES string of the molecule is Nc1cc(-c2cc3c(cc2Cl)COCO3)on1. The summed E-state index contributed by atoms with van der Waals surface area (Å²) in [4.78, 5) is 0. The minimum atomic E-state index is 0.243. The van der Waals surface area contributed by atoms with Gasteiger partial charge in [0.25, 0.3) is 0 Å². The Balaban J connectivity index is 2.11. The number of nitrogens with two attached hydrogens (primary N) is 1. The maximum absolute atomic E-state index is 6.17. The molecular formula is C11H9ClN2O3. The van der Waals surface area contributed by atoms with Gasteiger partial charge in [-0.25, -0.2) is 0 Å². The number of benzene rings is 1. The predicted octanol–water partition coefficient (Wildman–Crippen LogP) is 2.44. The summed E-state index contributed by atoms with van der Waals surface area (Å²) in [5, 5.41) is 4.17. The first-order valence-corrected chi connectivity index (χ1v) is 5.37. The second-order valence-electron chi connectivity index (χ2n) is 3.67. The van der Waals surface area contributed by atoms with Crippen LogP contribution < -0.4 is 10.5 Å². The molecule has 1 aliphatic heterocycles. The van der Waals surface area contributed by atoms with Gasteiger partial charge >= 0.3 is 0 Å². The van der Waals surface area contributed by atoms with Crippen molar-refractivity contribution in [1.29, 1.82) is 0 Å². The van der Waals surface area contributed by atoms with Crippen LogP contribution in [0.4, 0.5) is 5.82 Å². The number of ether oxygens (including phenoxy) is 2. The molecule has 88 valence electrons. The Morgan fingerprint density at radius 2 is 2.18 bits per heavy atom. The molecule has 17 heavy (non-hydrogen) atoms. The van der Waals surface area contributed by atoms with Crippen LogP contribution in [0.25, 0.3) is 11.3 Å². The second-order valence-corrected chi connectivity index (χ2v) is 4.07. The molecule has 6 heteroatoms. The second kappa shape index (κ2) is 3.94. The summed E-state index contributed by atoms with van der Waals surface area (Å²) < 4.78 is 15.6. The fraction of sp³-hybridized carbons (Fsp3) is 0.182. The van der Waals surface area contributed by atoms with Gasteiger partial charge in [0.1, 0.15) is 5.75 Å². The lowest BCUT2D eigenvalue weighted by Crippen LogP contribution is -2.11. The molecule has 0 atom stereocenters. The van der Waals surface area contributed by atoms with E-state index in [-0.39, 0.29) is 6.79 Å². The number of aromatic nitrogens is 1. The molecule has 2 aromatic rings. The fourth-order valence-electron chi connectivity index (χ4n) is 1.70. The summed E-state index contributed by atoms with van der Waals surface area (Å²) in [5.74, 6) is 1.58. The number of hydrogen-bond acceptors (Lipinski definition) is 5. The van der Waals surface area contributed by atoms with E-state index in [1.165, 1.54) is 0 Å². The Hall–Kier alpha value is -1.72. The molecule has 0 fully saturated rings. The van der Waals surface area contributed by atoms with Gasteiger partial charge in [0.05, 0.1) is 11.6 Å². The van der Waals surface area contributed by atoms with E-state index in [1.54, 1.807) is 18.2 Å². The van der Waals surface area contributed by atoms with Gasteiger partial charge < -0.3 is 19.7 Å². The maximum atomic E-state index is 6.17. The zero-order valence-electron chi connectivity index (χ0n) is 8.77. The van der Waals surface area contributed by atoms with Crippen molar-refractivity contribution < 1.29 is 14.0 Å². The van der Waals surface area contributed by atoms with Gasteiger partial charge in [0, 0.05) is 17.2 Å². The number of anilines is 1. The summed E-state index contributed by atoms with van der Waals surface area (Å²) in [7, 11) is 0. The molecule has 2 heterocycles. The van der Waals surface area contributed by atoms with Crippen molar-refractivity contribution in [2.45, 2.75) is 6.61 Å². The lowest BCUT2D eigenvalue weighted by atomic mass is 10.1. The summed E-state index contributed by atoms with van der Waals surface area (Å²) in [6, 6.07) is 5.22. The molecule has 0 saturated heterocycles. The number of nitrogen functional groups attached to an aromatic ring is 1. The van der Waals surface area contributed by atoms with Crippen molar-refractivity contribution in [3.8, 4) is 17.1 Å². The Kier molecular flexibility index (Phi) is 2.42. The first-order valence-electron chi connectivity index (χ1n) is 4.99.